The molecule has 0 aromatic heterocycles. The molecule has 0 aliphatic heterocycles. The second kappa shape index (κ2) is 6.80. The van der Waals surface area contributed by atoms with Crippen molar-refractivity contribution in [2.75, 3.05) is 6.61 Å². The van der Waals surface area contributed by atoms with Crippen LogP contribution in [0.4, 0.5) is 0 Å². The Balaban J connectivity index is 2.42. The maximum Gasteiger partial charge on any atom is 0.308 e. The van der Waals surface area contributed by atoms with Crippen molar-refractivity contribution < 1.29 is 14.6 Å². The highest BCUT2D eigenvalue weighted by Crippen LogP contribution is 2.04. The van der Waals surface area contributed by atoms with E-state index < -0.39 is 6.10 Å². The molecule has 3 nitrogen and oxygen atoms in total. The number of hydrogen-bond acceptors (Lipinski definition) is 3. The number of ether oxygens (including phenoxy) is 1. The van der Waals surface area contributed by atoms with Crippen LogP contribution in [0, 0.1) is 0 Å². The second-order valence-corrected chi connectivity index (χ2v) is 3.35. The van der Waals surface area contributed by atoms with Gasteiger partial charge in [-0.1, -0.05) is 42.5 Å². The Kier molecular flexibility index (Phi) is 5.29. The topological polar surface area (TPSA) is 46.5 Å². The van der Waals surface area contributed by atoms with Crippen LogP contribution in [0.5, 0.6) is 0 Å². The molecule has 0 spiro atoms. The fourth-order valence-corrected chi connectivity index (χ4v) is 1.25. The highest BCUT2D eigenvalue weighted by molar-refractivity contribution is 5.70. The van der Waals surface area contributed by atoms with Gasteiger partial charge in [-0.25, -0.2) is 0 Å². The Morgan fingerprint density at radius 2 is 2.12 bits per heavy atom. The van der Waals surface area contributed by atoms with Crippen LogP contribution >= 0.6 is 0 Å². The molecular weight excluding hydrogens is 204 g/mol. The Labute approximate surface area is 95.4 Å². The van der Waals surface area contributed by atoms with Crippen molar-refractivity contribution in [2.45, 2.75) is 19.4 Å². The van der Waals surface area contributed by atoms with Gasteiger partial charge in [0, 0.05) is 0 Å². The van der Waals surface area contributed by atoms with Crippen LogP contribution in [0.2, 0.25) is 0 Å². The van der Waals surface area contributed by atoms with Gasteiger partial charge in [-0.05, 0) is 12.5 Å². The zero-order valence-corrected chi connectivity index (χ0v) is 9.30. The number of carbonyl (C=O) groups is 1. The third-order valence-corrected chi connectivity index (χ3v) is 1.99. The SMILES string of the molecule is CCOC(=O)C[C@H](O)/C=C/c1ccccc1. The van der Waals surface area contributed by atoms with Gasteiger partial charge in [0.15, 0.2) is 0 Å². The number of benzene rings is 1. The lowest BCUT2D eigenvalue weighted by atomic mass is 10.1. The third kappa shape index (κ3) is 4.75. The predicted octanol–water partition coefficient (Wildman–Crippen LogP) is 2.01. The minimum atomic E-state index is -0.792. The van der Waals surface area contributed by atoms with Crippen LogP contribution in [0.25, 0.3) is 6.08 Å². The normalized spacial score (nSPS) is 12.6. The molecule has 1 rings (SSSR count). The minimum absolute atomic E-state index is 0.00280. The Bertz CT molecular complexity index is 343. The van der Waals surface area contributed by atoms with Crippen molar-refractivity contribution in [3.8, 4) is 0 Å². The first-order valence-electron chi connectivity index (χ1n) is 5.29. The number of hydrogen-bond donors (Lipinski definition) is 1. The van der Waals surface area contributed by atoms with Gasteiger partial charge in [0.05, 0.1) is 19.1 Å². The molecule has 0 aliphatic rings. The molecule has 0 fully saturated rings. The van der Waals surface area contributed by atoms with E-state index in [1.807, 2.05) is 30.3 Å². The van der Waals surface area contributed by atoms with Crippen LogP contribution < -0.4 is 0 Å². The van der Waals surface area contributed by atoms with Gasteiger partial charge >= 0.3 is 5.97 Å². The number of rotatable bonds is 5. The van der Waals surface area contributed by atoms with Crippen LogP contribution in [0.1, 0.15) is 18.9 Å². The molecular formula is C13H16O3. The fourth-order valence-electron chi connectivity index (χ4n) is 1.25. The van der Waals surface area contributed by atoms with Gasteiger partial charge in [0.1, 0.15) is 0 Å². The Hall–Kier alpha value is -1.61. The number of aliphatic hydroxyl groups is 1. The van der Waals surface area contributed by atoms with Crippen molar-refractivity contribution in [1.82, 2.24) is 0 Å². The van der Waals surface area contributed by atoms with Crippen molar-refractivity contribution in [3.05, 3.63) is 42.0 Å². The molecule has 0 heterocycles. The zero-order chi connectivity index (χ0) is 11.8. The first-order valence-corrected chi connectivity index (χ1v) is 5.29. The van der Waals surface area contributed by atoms with Crippen LogP contribution in [-0.2, 0) is 9.53 Å². The predicted molar refractivity (Wildman–Crippen MR) is 62.7 cm³/mol. The molecule has 16 heavy (non-hydrogen) atoms. The molecule has 1 N–H and O–H groups in total. The second-order valence-electron chi connectivity index (χ2n) is 3.35. The first-order chi connectivity index (χ1) is 7.72. The summed E-state index contributed by atoms with van der Waals surface area (Å²) in [6.07, 6.45) is 2.58. The highest BCUT2D eigenvalue weighted by Gasteiger charge is 2.07. The summed E-state index contributed by atoms with van der Waals surface area (Å²) in [5.41, 5.74) is 0.991. The third-order valence-electron chi connectivity index (χ3n) is 1.99. The standard InChI is InChI=1S/C13H16O3/c1-2-16-13(15)10-12(14)9-8-11-6-4-3-5-7-11/h3-9,12,14H,2,10H2,1H3/b9-8+/t12-/m1/s1. The lowest BCUT2D eigenvalue weighted by Gasteiger charge is -2.04. The van der Waals surface area contributed by atoms with Crippen molar-refractivity contribution in [1.29, 1.82) is 0 Å². The van der Waals surface area contributed by atoms with Gasteiger partial charge in [0.25, 0.3) is 0 Å². The lowest BCUT2D eigenvalue weighted by molar-refractivity contribution is -0.144. The van der Waals surface area contributed by atoms with E-state index in [1.54, 1.807) is 19.1 Å². The summed E-state index contributed by atoms with van der Waals surface area (Å²) < 4.78 is 4.73. The first kappa shape index (κ1) is 12.5. The fraction of sp³-hybridized carbons (Fsp3) is 0.308. The van der Waals surface area contributed by atoms with Gasteiger partial charge in [-0.2, -0.15) is 0 Å². The summed E-state index contributed by atoms with van der Waals surface area (Å²) >= 11 is 0. The van der Waals surface area contributed by atoms with Crippen LogP contribution in [0.3, 0.4) is 0 Å². The summed E-state index contributed by atoms with van der Waals surface area (Å²) in [6, 6.07) is 9.60. The molecule has 86 valence electrons. The average Bonchev–Trinajstić information content (AvgIpc) is 2.28. The van der Waals surface area contributed by atoms with Gasteiger partial charge in [0.2, 0.25) is 0 Å². The molecule has 0 amide bonds. The average molecular weight is 220 g/mol. The van der Waals surface area contributed by atoms with E-state index in [0.29, 0.717) is 6.61 Å². The molecule has 1 atom stereocenters. The van der Waals surface area contributed by atoms with Crippen LogP contribution in [-0.4, -0.2) is 23.8 Å². The molecule has 1 aromatic rings. The monoisotopic (exact) mass is 220 g/mol. The van der Waals surface area contributed by atoms with E-state index in [-0.39, 0.29) is 12.4 Å². The molecule has 0 bridgehead atoms. The zero-order valence-electron chi connectivity index (χ0n) is 9.30. The van der Waals surface area contributed by atoms with Gasteiger partial charge in [-0.3, -0.25) is 4.79 Å². The number of carbonyl (C=O) groups excluding carboxylic acids is 1. The van der Waals surface area contributed by atoms with E-state index in [2.05, 4.69) is 0 Å². The summed E-state index contributed by atoms with van der Waals surface area (Å²) in [5, 5.41) is 9.52. The maximum atomic E-state index is 11.0. The van der Waals surface area contributed by atoms with Crippen molar-refractivity contribution >= 4 is 12.0 Å². The number of esters is 1. The lowest BCUT2D eigenvalue weighted by Crippen LogP contribution is -2.13. The number of aliphatic hydroxyl groups excluding tert-OH is 1. The van der Waals surface area contributed by atoms with Crippen molar-refractivity contribution in [3.63, 3.8) is 0 Å². The van der Waals surface area contributed by atoms with E-state index in [9.17, 15) is 9.90 Å². The summed E-state index contributed by atoms with van der Waals surface area (Å²) in [7, 11) is 0. The Morgan fingerprint density at radius 1 is 1.44 bits per heavy atom. The van der Waals surface area contributed by atoms with E-state index in [0.717, 1.165) is 5.56 Å². The van der Waals surface area contributed by atoms with Gasteiger partial charge in [-0.15, -0.1) is 0 Å². The molecule has 0 radical (unpaired) electrons. The van der Waals surface area contributed by atoms with Crippen molar-refractivity contribution in [2.24, 2.45) is 0 Å². The quantitative estimate of drug-likeness (QED) is 0.772. The summed E-state index contributed by atoms with van der Waals surface area (Å²) in [6.45, 7) is 2.08. The van der Waals surface area contributed by atoms with E-state index in [1.165, 1.54) is 0 Å². The summed E-state index contributed by atoms with van der Waals surface area (Å²) in [4.78, 5) is 11.0. The molecule has 0 saturated carbocycles. The molecule has 0 aliphatic carbocycles. The summed E-state index contributed by atoms with van der Waals surface area (Å²) in [5.74, 6) is -0.382. The molecule has 3 heteroatoms. The largest absolute Gasteiger partial charge is 0.466 e. The maximum absolute atomic E-state index is 11.0. The van der Waals surface area contributed by atoms with Crippen LogP contribution in [0.15, 0.2) is 36.4 Å². The molecule has 1 aromatic carbocycles. The Morgan fingerprint density at radius 3 is 2.75 bits per heavy atom. The van der Waals surface area contributed by atoms with E-state index in [4.69, 9.17) is 4.74 Å². The highest BCUT2D eigenvalue weighted by atomic mass is 16.5. The minimum Gasteiger partial charge on any atom is -0.466 e. The smallest absolute Gasteiger partial charge is 0.308 e. The van der Waals surface area contributed by atoms with E-state index >= 15 is 0 Å². The van der Waals surface area contributed by atoms with Gasteiger partial charge < -0.3 is 9.84 Å². The molecule has 0 unspecified atom stereocenters. The molecule has 0 saturated heterocycles.